The second-order valence-corrected chi connectivity index (χ2v) is 7.91. The van der Waals surface area contributed by atoms with Gasteiger partial charge in [-0.3, -0.25) is 9.52 Å². The maximum Gasteiger partial charge on any atom is 0.265 e. The molecule has 25 heavy (non-hydrogen) atoms. The number of halogens is 1. The van der Waals surface area contributed by atoms with E-state index in [1.165, 1.54) is 31.0 Å². The van der Waals surface area contributed by atoms with Crippen molar-refractivity contribution in [2.45, 2.75) is 4.90 Å². The van der Waals surface area contributed by atoms with Crippen LogP contribution in [0.5, 0.6) is 5.75 Å². The normalized spacial score (nSPS) is 11.0. The fraction of sp³-hybridized carbons (Fsp3) is 0.188. The summed E-state index contributed by atoms with van der Waals surface area (Å²) in [5, 5.41) is 3.15. The van der Waals surface area contributed by atoms with Crippen LogP contribution in [0.25, 0.3) is 0 Å². The van der Waals surface area contributed by atoms with Gasteiger partial charge in [0.15, 0.2) is 0 Å². The molecule has 9 heteroatoms. The van der Waals surface area contributed by atoms with Gasteiger partial charge in [0.05, 0.1) is 12.9 Å². The number of hydrogen-bond donors (Lipinski definition) is 2. The molecule has 0 atom stereocenters. The molecule has 0 spiro atoms. The Balaban J connectivity index is 2.33. The molecule has 0 aliphatic carbocycles. The van der Waals surface area contributed by atoms with Crippen molar-refractivity contribution in [2.24, 2.45) is 0 Å². The molecule has 0 bridgehead atoms. The molecule has 0 fully saturated rings. The zero-order chi connectivity index (χ0) is 18.4. The smallest absolute Gasteiger partial charge is 0.265 e. The number of sulfonamides is 1. The lowest BCUT2D eigenvalue weighted by atomic mass is 10.3. The van der Waals surface area contributed by atoms with Crippen molar-refractivity contribution in [1.82, 2.24) is 0 Å². The largest absolute Gasteiger partial charge is 0.495 e. The first-order valence-electron chi connectivity index (χ1n) is 7.11. The lowest BCUT2D eigenvalue weighted by Crippen LogP contribution is -2.16. The fourth-order valence-corrected chi connectivity index (χ4v) is 3.74. The maximum absolute atomic E-state index is 12.7. The summed E-state index contributed by atoms with van der Waals surface area (Å²) in [6.45, 7) is 0. The zero-order valence-electron chi connectivity index (χ0n) is 13.6. The van der Waals surface area contributed by atoms with Crippen LogP contribution in [0.1, 0.15) is 0 Å². The van der Waals surface area contributed by atoms with E-state index in [9.17, 15) is 13.2 Å². The van der Waals surface area contributed by atoms with Gasteiger partial charge >= 0.3 is 0 Å². The molecule has 2 aromatic carbocycles. The molecule has 0 saturated carbocycles. The number of amides is 1. The highest BCUT2D eigenvalue weighted by atomic mass is 35.5. The summed E-state index contributed by atoms with van der Waals surface area (Å²) in [5.74, 6) is 0.230. The number of rotatable bonds is 7. The summed E-state index contributed by atoms with van der Waals surface area (Å²) in [7, 11) is -2.54. The molecule has 2 aromatic rings. The minimum Gasteiger partial charge on any atom is -0.495 e. The van der Waals surface area contributed by atoms with Crippen LogP contribution in [0.3, 0.4) is 0 Å². The lowest BCUT2D eigenvalue weighted by Gasteiger charge is -2.13. The number of hydrogen-bond acceptors (Lipinski definition) is 5. The fourth-order valence-electron chi connectivity index (χ4n) is 2.02. The summed E-state index contributed by atoms with van der Waals surface area (Å²) in [5.41, 5.74) is 0.736. The van der Waals surface area contributed by atoms with E-state index in [4.69, 9.17) is 16.3 Å². The monoisotopic (exact) mass is 400 g/mol. The molecular weight excluding hydrogens is 384 g/mol. The van der Waals surface area contributed by atoms with Gasteiger partial charge in [-0.15, -0.1) is 0 Å². The maximum atomic E-state index is 12.7. The third-order valence-electron chi connectivity index (χ3n) is 3.11. The Hall–Kier alpha value is -1.90. The Morgan fingerprint density at radius 3 is 2.40 bits per heavy atom. The van der Waals surface area contributed by atoms with Crippen molar-refractivity contribution in [3.05, 3.63) is 47.5 Å². The van der Waals surface area contributed by atoms with Gasteiger partial charge in [0.25, 0.3) is 10.0 Å². The average Bonchev–Trinajstić information content (AvgIpc) is 2.57. The van der Waals surface area contributed by atoms with Crippen molar-refractivity contribution in [3.63, 3.8) is 0 Å². The number of carbonyl (C=O) groups is 1. The average molecular weight is 401 g/mol. The highest BCUT2D eigenvalue weighted by molar-refractivity contribution is 7.99. The van der Waals surface area contributed by atoms with E-state index < -0.39 is 10.0 Å². The van der Waals surface area contributed by atoms with Crippen LogP contribution in [-0.2, 0) is 14.8 Å². The number of thioether (sulfide) groups is 1. The molecule has 2 N–H and O–H groups in total. The van der Waals surface area contributed by atoms with Crippen molar-refractivity contribution in [1.29, 1.82) is 0 Å². The SMILES string of the molecule is COc1ccc(NC(=O)CSC)cc1S(=O)(=O)Nc1ccc(Cl)cc1. The third kappa shape index (κ3) is 5.29. The summed E-state index contributed by atoms with van der Waals surface area (Å²) >= 11 is 7.17. The van der Waals surface area contributed by atoms with E-state index in [-0.39, 0.29) is 22.3 Å². The van der Waals surface area contributed by atoms with Gasteiger partial charge in [-0.05, 0) is 48.7 Å². The lowest BCUT2D eigenvalue weighted by molar-refractivity contribution is -0.113. The second kappa shape index (κ2) is 8.46. The number of carbonyl (C=O) groups excluding carboxylic acids is 1. The highest BCUT2D eigenvalue weighted by Crippen LogP contribution is 2.29. The molecular formula is C16H17ClN2O4S2. The van der Waals surface area contributed by atoms with Crippen molar-refractivity contribution in [3.8, 4) is 5.75 Å². The van der Waals surface area contributed by atoms with Crippen LogP contribution < -0.4 is 14.8 Å². The minimum atomic E-state index is -3.91. The molecule has 6 nitrogen and oxygen atoms in total. The van der Waals surface area contributed by atoms with Crippen LogP contribution in [0.2, 0.25) is 5.02 Å². The van der Waals surface area contributed by atoms with Gasteiger partial charge in [0, 0.05) is 16.4 Å². The van der Waals surface area contributed by atoms with Gasteiger partial charge in [-0.2, -0.15) is 11.8 Å². The summed E-state index contributed by atoms with van der Waals surface area (Å²) in [6, 6.07) is 10.7. The number of nitrogens with one attached hydrogen (secondary N) is 2. The van der Waals surface area contributed by atoms with Gasteiger partial charge in [-0.1, -0.05) is 11.6 Å². The highest BCUT2D eigenvalue weighted by Gasteiger charge is 2.21. The van der Waals surface area contributed by atoms with E-state index in [2.05, 4.69) is 10.0 Å². The molecule has 2 rings (SSSR count). The Morgan fingerprint density at radius 2 is 1.80 bits per heavy atom. The van der Waals surface area contributed by atoms with Crippen LogP contribution >= 0.6 is 23.4 Å². The van der Waals surface area contributed by atoms with E-state index in [0.29, 0.717) is 16.4 Å². The Kier molecular flexibility index (Phi) is 6.57. The minimum absolute atomic E-state index is 0.0769. The first-order chi connectivity index (χ1) is 11.9. The van der Waals surface area contributed by atoms with Crippen molar-refractivity contribution < 1.29 is 17.9 Å². The molecule has 0 aromatic heterocycles. The van der Waals surface area contributed by atoms with Crippen molar-refractivity contribution >= 4 is 50.7 Å². The molecule has 134 valence electrons. The molecule has 0 aliphatic heterocycles. The van der Waals surface area contributed by atoms with E-state index >= 15 is 0 Å². The number of ether oxygens (including phenoxy) is 1. The molecule has 0 heterocycles. The number of benzene rings is 2. The molecule has 0 unspecified atom stereocenters. The predicted octanol–water partition coefficient (Wildman–Crippen LogP) is 3.45. The molecule has 0 aliphatic rings. The number of methoxy groups -OCH3 is 1. The quantitative estimate of drug-likeness (QED) is 0.743. The Bertz CT molecular complexity index is 855. The molecule has 0 radical (unpaired) electrons. The van der Waals surface area contributed by atoms with Gasteiger partial charge in [0.2, 0.25) is 5.91 Å². The van der Waals surface area contributed by atoms with Gasteiger partial charge < -0.3 is 10.1 Å². The summed E-state index contributed by atoms with van der Waals surface area (Å²) in [4.78, 5) is 11.6. The van der Waals surface area contributed by atoms with E-state index in [1.54, 1.807) is 36.6 Å². The summed E-state index contributed by atoms with van der Waals surface area (Å²) in [6.07, 6.45) is 1.81. The Labute approximate surface area is 156 Å². The second-order valence-electron chi connectivity index (χ2n) is 4.96. The standard InChI is InChI=1S/C16H17ClN2O4S2/c1-23-14-8-7-13(18-16(20)10-24-2)9-15(14)25(21,22)19-12-5-3-11(17)4-6-12/h3-9,19H,10H2,1-2H3,(H,18,20). The molecule has 1 amide bonds. The molecule has 0 saturated heterocycles. The predicted molar refractivity (Wildman–Crippen MR) is 102 cm³/mol. The van der Waals surface area contributed by atoms with E-state index in [1.807, 2.05) is 0 Å². The van der Waals surface area contributed by atoms with Gasteiger partial charge in [0.1, 0.15) is 10.6 Å². The van der Waals surface area contributed by atoms with Crippen LogP contribution in [0.15, 0.2) is 47.4 Å². The van der Waals surface area contributed by atoms with Crippen LogP contribution in [0, 0.1) is 0 Å². The van der Waals surface area contributed by atoms with Crippen LogP contribution in [-0.4, -0.2) is 33.4 Å². The first kappa shape index (κ1) is 19.4. The first-order valence-corrected chi connectivity index (χ1v) is 10.4. The third-order valence-corrected chi connectivity index (χ3v) is 5.31. The van der Waals surface area contributed by atoms with Crippen LogP contribution in [0.4, 0.5) is 11.4 Å². The summed E-state index contributed by atoms with van der Waals surface area (Å²) < 4.78 is 33.0. The Morgan fingerprint density at radius 1 is 1.16 bits per heavy atom. The topological polar surface area (TPSA) is 84.5 Å². The van der Waals surface area contributed by atoms with Crippen molar-refractivity contribution in [2.75, 3.05) is 29.2 Å². The zero-order valence-corrected chi connectivity index (χ0v) is 16.0. The van der Waals surface area contributed by atoms with Gasteiger partial charge in [-0.25, -0.2) is 8.42 Å². The number of anilines is 2. The van der Waals surface area contributed by atoms with E-state index in [0.717, 1.165) is 0 Å².